The third-order valence-corrected chi connectivity index (χ3v) is 4.58. The summed E-state index contributed by atoms with van der Waals surface area (Å²) in [5.41, 5.74) is -0.171. The van der Waals surface area contributed by atoms with E-state index < -0.39 is 35.5 Å². The van der Waals surface area contributed by atoms with Gasteiger partial charge in [0.15, 0.2) is 28.4 Å². The SMILES string of the molecule is O=C(O)c1cc2c(OC3OC3O)c(-c3ccc(O)c(O)c3)oc3cc(=O)cc(o1)c32. The highest BCUT2D eigenvalue weighted by Gasteiger charge is 2.41. The van der Waals surface area contributed by atoms with E-state index in [0.717, 1.165) is 6.07 Å². The molecule has 4 N–H and O–H groups in total. The van der Waals surface area contributed by atoms with Crippen LogP contribution in [0.5, 0.6) is 17.2 Å². The molecule has 0 radical (unpaired) electrons. The molecule has 2 aromatic heterocycles. The van der Waals surface area contributed by atoms with Crippen LogP contribution in [0, 0.1) is 0 Å². The Morgan fingerprint density at radius 1 is 1.00 bits per heavy atom. The molecule has 2 aromatic carbocycles. The number of hydrogen-bond acceptors (Lipinski definition) is 9. The molecule has 1 aliphatic heterocycles. The summed E-state index contributed by atoms with van der Waals surface area (Å²) in [5, 5.41) is 38.9. The van der Waals surface area contributed by atoms with Crippen molar-refractivity contribution in [2.75, 3.05) is 0 Å². The number of rotatable bonds is 4. The summed E-state index contributed by atoms with van der Waals surface area (Å²) in [6.07, 6.45) is -2.20. The van der Waals surface area contributed by atoms with E-state index in [1.54, 1.807) is 0 Å². The molecule has 30 heavy (non-hydrogen) atoms. The molecule has 2 atom stereocenters. The first-order chi connectivity index (χ1) is 14.3. The van der Waals surface area contributed by atoms with Gasteiger partial charge in [-0.1, -0.05) is 0 Å². The summed E-state index contributed by atoms with van der Waals surface area (Å²) >= 11 is 0. The number of hydrogen-bond donors (Lipinski definition) is 4. The van der Waals surface area contributed by atoms with Crippen molar-refractivity contribution in [3.63, 3.8) is 0 Å². The Hall–Kier alpha value is -4.02. The summed E-state index contributed by atoms with van der Waals surface area (Å²) < 4.78 is 21.8. The number of aliphatic hydroxyl groups is 1. The van der Waals surface area contributed by atoms with Gasteiger partial charge in [-0.05, 0) is 18.2 Å². The molecule has 0 saturated carbocycles. The first-order valence-corrected chi connectivity index (χ1v) is 8.62. The molecule has 1 saturated heterocycles. The van der Waals surface area contributed by atoms with Crippen molar-refractivity contribution in [1.82, 2.24) is 0 Å². The number of aliphatic hydroxyl groups excluding tert-OH is 1. The zero-order valence-corrected chi connectivity index (χ0v) is 14.9. The lowest BCUT2D eigenvalue weighted by Gasteiger charge is -2.15. The van der Waals surface area contributed by atoms with E-state index >= 15 is 0 Å². The van der Waals surface area contributed by atoms with Gasteiger partial charge in [0.25, 0.3) is 6.29 Å². The third-order valence-electron chi connectivity index (χ3n) is 4.58. The number of benzene rings is 2. The molecule has 5 rings (SSSR count). The predicted molar refractivity (Wildman–Crippen MR) is 99.5 cm³/mol. The van der Waals surface area contributed by atoms with Crippen LogP contribution in [0.15, 0.2) is 50.0 Å². The Labute approximate surface area is 165 Å². The lowest BCUT2D eigenvalue weighted by atomic mass is 10.0. The molecule has 1 aliphatic rings. The second-order valence-corrected chi connectivity index (χ2v) is 6.60. The van der Waals surface area contributed by atoms with Crippen molar-refractivity contribution in [2.45, 2.75) is 12.6 Å². The fourth-order valence-corrected chi connectivity index (χ4v) is 3.17. The number of carboxylic acid groups (broad SMARTS) is 1. The van der Waals surface area contributed by atoms with Crippen molar-refractivity contribution >= 4 is 27.9 Å². The number of carbonyl (C=O) groups is 1. The molecule has 10 heteroatoms. The van der Waals surface area contributed by atoms with Gasteiger partial charge in [0.2, 0.25) is 12.1 Å². The first-order valence-electron chi connectivity index (χ1n) is 8.62. The van der Waals surface area contributed by atoms with Crippen LogP contribution in [0.4, 0.5) is 0 Å². The van der Waals surface area contributed by atoms with Gasteiger partial charge in [0.05, 0.1) is 5.39 Å². The molecule has 3 heterocycles. The van der Waals surface area contributed by atoms with Crippen LogP contribution in [-0.4, -0.2) is 39.0 Å². The van der Waals surface area contributed by atoms with E-state index in [1.165, 1.54) is 30.3 Å². The summed E-state index contributed by atoms with van der Waals surface area (Å²) in [6.45, 7) is 0. The molecular weight excluding hydrogens is 400 g/mol. The van der Waals surface area contributed by atoms with E-state index in [4.69, 9.17) is 18.3 Å². The van der Waals surface area contributed by atoms with Crippen molar-refractivity contribution in [3.05, 3.63) is 52.4 Å². The lowest BCUT2D eigenvalue weighted by molar-refractivity contribution is 0.0663. The number of ether oxygens (including phenoxy) is 2. The fraction of sp³-hybridized carbons (Fsp3) is 0.100. The highest BCUT2D eigenvalue weighted by molar-refractivity contribution is 6.11. The minimum absolute atomic E-state index is 0.00362. The molecule has 0 aliphatic carbocycles. The maximum Gasteiger partial charge on any atom is 0.371 e. The minimum Gasteiger partial charge on any atom is -0.504 e. The summed E-state index contributed by atoms with van der Waals surface area (Å²) in [6, 6.07) is 7.36. The molecule has 0 bridgehead atoms. The number of phenols is 2. The second-order valence-electron chi connectivity index (χ2n) is 6.60. The maximum absolute atomic E-state index is 12.1. The van der Waals surface area contributed by atoms with E-state index in [-0.39, 0.29) is 44.8 Å². The van der Waals surface area contributed by atoms with Gasteiger partial charge >= 0.3 is 5.97 Å². The van der Waals surface area contributed by atoms with Crippen LogP contribution in [0.1, 0.15) is 10.6 Å². The van der Waals surface area contributed by atoms with Crippen LogP contribution in [-0.2, 0) is 4.74 Å². The normalized spacial score (nSPS) is 18.0. The van der Waals surface area contributed by atoms with E-state index in [0.29, 0.717) is 0 Å². The van der Waals surface area contributed by atoms with Gasteiger partial charge < -0.3 is 38.7 Å². The van der Waals surface area contributed by atoms with E-state index in [2.05, 4.69) is 0 Å². The summed E-state index contributed by atoms with van der Waals surface area (Å²) in [7, 11) is 0. The Morgan fingerprint density at radius 2 is 1.70 bits per heavy atom. The Kier molecular flexibility index (Phi) is 3.75. The molecule has 0 amide bonds. The molecule has 2 unspecified atom stereocenters. The summed E-state index contributed by atoms with van der Waals surface area (Å²) in [4.78, 5) is 23.6. The zero-order valence-electron chi connectivity index (χ0n) is 14.9. The molecule has 1 fully saturated rings. The van der Waals surface area contributed by atoms with Crippen molar-refractivity contribution in [2.24, 2.45) is 0 Å². The minimum atomic E-state index is -1.37. The highest BCUT2D eigenvalue weighted by atomic mass is 16.8. The third kappa shape index (κ3) is 2.82. The van der Waals surface area contributed by atoms with Gasteiger partial charge in [-0.2, -0.15) is 0 Å². The van der Waals surface area contributed by atoms with Crippen LogP contribution >= 0.6 is 0 Å². The summed E-state index contributed by atoms with van der Waals surface area (Å²) in [5.74, 6) is -2.63. The average Bonchev–Trinajstić information content (AvgIpc) is 3.39. The molecule has 152 valence electrons. The number of aromatic carboxylic acids is 1. The monoisotopic (exact) mass is 412 g/mol. The van der Waals surface area contributed by atoms with Crippen molar-refractivity contribution in [1.29, 1.82) is 0 Å². The topological polar surface area (TPSA) is 163 Å². The van der Waals surface area contributed by atoms with E-state index in [9.17, 15) is 30.0 Å². The Balaban J connectivity index is 1.90. The molecule has 4 aromatic rings. The Morgan fingerprint density at radius 3 is 2.33 bits per heavy atom. The fourth-order valence-electron chi connectivity index (χ4n) is 3.17. The van der Waals surface area contributed by atoms with Crippen LogP contribution in [0.2, 0.25) is 0 Å². The van der Waals surface area contributed by atoms with Crippen LogP contribution in [0.25, 0.3) is 33.3 Å². The quantitative estimate of drug-likeness (QED) is 0.289. The average molecular weight is 412 g/mol. The Bertz CT molecular complexity index is 1400. The molecule has 0 spiro atoms. The number of epoxide rings is 1. The first kappa shape index (κ1) is 18.0. The van der Waals surface area contributed by atoms with Gasteiger partial charge in [-0.15, -0.1) is 0 Å². The standard InChI is InChI=1S/C20H12O10/c21-8-4-12-15-9(6-14(27-12)18(24)25)17(29-20-19(26)30-20)16(28-13(15)5-8)7-1-2-10(22)11(23)3-7/h1-6,19-20,22-23,26H,(H,24,25). The van der Waals surface area contributed by atoms with Gasteiger partial charge in [0, 0.05) is 29.1 Å². The maximum atomic E-state index is 12.1. The largest absolute Gasteiger partial charge is 0.504 e. The molecular formula is C20H12O10. The van der Waals surface area contributed by atoms with Crippen LogP contribution < -0.4 is 10.2 Å². The zero-order chi connectivity index (χ0) is 21.2. The highest BCUT2D eigenvalue weighted by Crippen LogP contribution is 2.45. The number of phenolic OH excluding ortho intramolecular Hbond substituents is 2. The smallest absolute Gasteiger partial charge is 0.371 e. The van der Waals surface area contributed by atoms with Gasteiger partial charge in [-0.25, -0.2) is 4.79 Å². The van der Waals surface area contributed by atoms with Crippen molar-refractivity contribution < 1.29 is 43.5 Å². The lowest BCUT2D eigenvalue weighted by Crippen LogP contribution is -2.06. The van der Waals surface area contributed by atoms with Gasteiger partial charge in [0.1, 0.15) is 11.2 Å². The van der Waals surface area contributed by atoms with Gasteiger partial charge in [-0.3, -0.25) is 4.79 Å². The van der Waals surface area contributed by atoms with Crippen molar-refractivity contribution in [3.8, 4) is 28.6 Å². The second kappa shape index (κ2) is 6.24. The molecule has 10 nitrogen and oxygen atoms in total. The number of aromatic hydroxyl groups is 2. The van der Waals surface area contributed by atoms with Crippen LogP contribution in [0.3, 0.4) is 0 Å². The number of carboxylic acids is 1. The predicted octanol–water partition coefficient (Wildman–Crippen LogP) is 2.37. The van der Waals surface area contributed by atoms with E-state index in [1.807, 2.05) is 0 Å².